The molecule has 1 aromatic rings. The van der Waals surface area contributed by atoms with Crippen LogP contribution in [0.4, 0.5) is 4.79 Å². The molecule has 0 atom stereocenters. The van der Waals surface area contributed by atoms with Gasteiger partial charge in [-0.15, -0.1) is 0 Å². The minimum Gasteiger partial charge on any atom is -0.497 e. The largest absolute Gasteiger partial charge is 0.497 e. The van der Waals surface area contributed by atoms with Gasteiger partial charge >= 0.3 is 6.09 Å². The fourth-order valence-electron chi connectivity index (χ4n) is 1.51. The first-order valence-corrected chi connectivity index (χ1v) is 5.42. The number of carbonyl (C=O) groups is 1. The molecule has 18 heavy (non-hydrogen) atoms. The highest BCUT2D eigenvalue weighted by molar-refractivity contribution is 5.71. The van der Waals surface area contributed by atoms with Crippen molar-refractivity contribution in [1.29, 1.82) is 0 Å². The molecule has 1 fully saturated rings. The third-order valence-corrected chi connectivity index (χ3v) is 2.45. The van der Waals surface area contributed by atoms with Crippen molar-refractivity contribution in [1.82, 2.24) is 4.90 Å². The van der Waals surface area contributed by atoms with Gasteiger partial charge in [0.05, 0.1) is 20.8 Å². The molecule has 5 heteroatoms. The molecule has 2 rings (SSSR count). The van der Waals surface area contributed by atoms with Gasteiger partial charge < -0.3 is 14.2 Å². The van der Waals surface area contributed by atoms with Crippen molar-refractivity contribution < 1.29 is 19.0 Å². The summed E-state index contributed by atoms with van der Waals surface area (Å²) < 4.78 is 15.1. The molecule has 0 aromatic heterocycles. The molecule has 0 aliphatic carbocycles. The smallest absolute Gasteiger partial charge is 0.421 e. The zero-order chi connectivity index (χ0) is 13.0. The first kappa shape index (κ1) is 12.1. The lowest BCUT2D eigenvalue weighted by atomic mass is 10.2. The highest BCUT2D eigenvalue weighted by Gasteiger charge is 2.19. The van der Waals surface area contributed by atoms with Crippen LogP contribution in [-0.2, 0) is 4.74 Å². The van der Waals surface area contributed by atoms with Crippen molar-refractivity contribution in [2.24, 2.45) is 0 Å². The summed E-state index contributed by atoms with van der Waals surface area (Å²) in [5.74, 6) is 4.19. The molecular weight excluding hydrogens is 234 g/mol. The molecule has 0 bridgehead atoms. The number of hydrogen-bond acceptors (Lipinski definition) is 4. The van der Waals surface area contributed by atoms with Crippen LogP contribution in [0.15, 0.2) is 18.2 Å². The van der Waals surface area contributed by atoms with E-state index < -0.39 is 6.09 Å². The highest BCUT2D eigenvalue weighted by Crippen LogP contribution is 2.21. The van der Waals surface area contributed by atoms with Gasteiger partial charge in [-0.1, -0.05) is 0 Å². The summed E-state index contributed by atoms with van der Waals surface area (Å²) in [5.41, 5.74) is 0.714. The van der Waals surface area contributed by atoms with Gasteiger partial charge in [0.25, 0.3) is 0 Å². The van der Waals surface area contributed by atoms with Gasteiger partial charge in [-0.3, -0.25) is 0 Å². The van der Waals surface area contributed by atoms with Crippen LogP contribution in [0.3, 0.4) is 0 Å². The van der Waals surface area contributed by atoms with E-state index in [1.807, 2.05) is 0 Å². The first-order chi connectivity index (χ1) is 8.72. The average molecular weight is 247 g/mol. The minimum absolute atomic E-state index is 0.384. The molecule has 1 saturated heterocycles. The van der Waals surface area contributed by atoms with Gasteiger partial charge in [0, 0.05) is 17.7 Å². The average Bonchev–Trinajstić information content (AvgIpc) is 2.81. The lowest BCUT2D eigenvalue weighted by molar-refractivity contribution is 0.167. The number of amides is 1. The Morgan fingerprint density at radius 3 is 2.39 bits per heavy atom. The maximum atomic E-state index is 11.2. The molecule has 0 radical (unpaired) electrons. The fourth-order valence-corrected chi connectivity index (χ4v) is 1.51. The summed E-state index contributed by atoms with van der Waals surface area (Å²) in [4.78, 5) is 12.5. The van der Waals surface area contributed by atoms with Crippen molar-refractivity contribution in [3.05, 3.63) is 23.8 Å². The quantitative estimate of drug-likeness (QED) is 0.742. The van der Waals surface area contributed by atoms with Crippen LogP contribution in [0.2, 0.25) is 0 Å². The second kappa shape index (κ2) is 5.32. The Bertz CT molecular complexity index is 493. The Balaban J connectivity index is 2.23. The Morgan fingerprint density at radius 2 is 1.89 bits per heavy atom. The van der Waals surface area contributed by atoms with Gasteiger partial charge in [-0.05, 0) is 18.1 Å². The summed E-state index contributed by atoms with van der Waals surface area (Å²) in [6.07, 6.45) is -0.405. The molecule has 94 valence electrons. The zero-order valence-corrected chi connectivity index (χ0v) is 10.2. The van der Waals surface area contributed by atoms with Gasteiger partial charge in [0.1, 0.15) is 18.1 Å². The Labute approximate surface area is 105 Å². The van der Waals surface area contributed by atoms with Crippen molar-refractivity contribution in [3.63, 3.8) is 0 Å². The lowest BCUT2D eigenvalue weighted by Crippen LogP contribution is -2.17. The van der Waals surface area contributed by atoms with E-state index in [0.717, 1.165) is 0 Å². The Kier molecular flexibility index (Phi) is 3.58. The SMILES string of the molecule is COc1cc(C#CN2CCOC2=O)cc(OC)c1. The van der Waals surface area contributed by atoms with Crippen molar-refractivity contribution in [3.8, 4) is 23.5 Å². The van der Waals surface area contributed by atoms with Gasteiger partial charge in [-0.2, -0.15) is 0 Å². The van der Waals surface area contributed by atoms with Crippen LogP contribution in [0, 0.1) is 12.0 Å². The maximum absolute atomic E-state index is 11.2. The molecule has 0 spiro atoms. The maximum Gasteiger partial charge on any atom is 0.421 e. The summed E-state index contributed by atoms with van der Waals surface area (Å²) in [6, 6.07) is 8.06. The molecular formula is C13H13NO4. The fraction of sp³-hybridized carbons (Fsp3) is 0.308. The zero-order valence-electron chi connectivity index (χ0n) is 10.2. The van der Waals surface area contributed by atoms with E-state index in [1.54, 1.807) is 32.4 Å². The number of nitrogens with zero attached hydrogens (tertiary/aromatic N) is 1. The molecule has 1 aliphatic heterocycles. The molecule has 1 aromatic carbocycles. The molecule has 5 nitrogen and oxygen atoms in total. The summed E-state index contributed by atoms with van der Waals surface area (Å²) in [7, 11) is 3.15. The van der Waals surface area contributed by atoms with E-state index >= 15 is 0 Å². The first-order valence-electron chi connectivity index (χ1n) is 5.42. The standard InChI is InChI=1S/C13H13NO4/c1-16-11-7-10(8-12(9-11)17-2)3-4-14-5-6-18-13(14)15/h7-9H,5-6H2,1-2H3. The normalized spacial score (nSPS) is 13.7. The van der Waals surface area contributed by atoms with Crippen LogP contribution in [0.5, 0.6) is 11.5 Å². The van der Waals surface area contributed by atoms with E-state index in [4.69, 9.17) is 14.2 Å². The number of benzene rings is 1. The predicted octanol–water partition coefficient (Wildman–Crippen LogP) is 1.47. The minimum atomic E-state index is -0.405. The van der Waals surface area contributed by atoms with E-state index in [1.165, 1.54) is 4.90 Å². The van der Waals surface area contributed by atoms with E-state index in [-0.39, 0.29) is 0 Å². The monoisotopic (exact) mass is 247 g/mol. The van der Waals surface area contributed by atoms with Crippen LogP contribution in [0.25, 0.3) is 0 Å². The summed E-state index contributed by atoms with van der Waals surface area (Å²) >= 11 is 0. The molecule has 0 N–H and O–H groups in total. The number of methoxy groups -OCH3 is 2. The Hall–Kier alpha value is -2.35. The summed E-state index contributed by atoms with van der Waals surface area (Å²) in [5, 5.41) is 0. The number of cyclic esters (lactones) is 1. The van der Waals surface area contributed by atoms with E-state index in [9.17, 15) is 4.79 Å². The van der Waals surface area contributed by atoms with Crippen LogP contribution >= 0.6 is 0 Å². The second-order valence-corrected chi connectivity index (χ2v) is 3.60. The van der Waals surface area contributed by atoms with Crippen molar-refractivity contribution >= 4 is 6.09 Å². The molecule has 0 saturated carbocycles. The van der Waals surface area contributed by atoms with Crippen LogP contribution < -0.4 is 9.47 Å². The number of rotatable bonds is 2. The van der Waals surface area contributed by atoms with Gasteiger partial charge in [-0.25, -0.2) is 9.69 Å². The molecule has 0 unspecified atom stereocenters. The van der Waals surface area contributed by atoms with Crippen molar-refractivity contribution in [2.45, 2.75) is 0 Å². The molecule has 1 amide bonds. The number of ether oxygens (including phenoxy) is 3. The van der Waals surface area contributed by atoms with Crippen LogP contribution in [0.1, 0.15) is 5.56 Å². The van der Waals surface area contributed by atoms with Gasteiger partial charge in [0.2, 0.25) is 0 Å². The van der Waals surface area contributed by atoms with Gasteiger partial charge in [0.15, 0.2) is 0 Å². The van der Waals surface area contributed by atoms with Crippen LogP contribution in [-0.4, -0.2) is 38.4 Å². The second-order valence-electron chi connectivity index (χ2n) is 3.60. The number of hydrogen-bond donors (Lipinski definition) is 0. The third kappa shape index (κ3) is 2.66. The highest BCUT2D eigenvalue weighted by atomic mass is 16.6. The topological polar surface area (TPSA) is 48.0 Å². The third-order valence-electron chi connectivity index (χ3n) is 2.45. The molecule has 1 heterocycles. The number of carbonyl (C=O) groups excluding carboxylic acids is 1. The molecule has 1 aliphatic rings. The van der Waals surface area contributed by atoms with Crippen molar-refractivity contribution in [2.75, 3.05) is 27.4 Å². The van der Waals surface area contributed by atoms with E-state index in [0.29, 0.717) is 30.2 Å². The predicted molar refractivity (Wildman–Crippen MR) is 64.5 cm³/mol. The Morgan fingerprint density at radius 1 is 1.22 bits per heavy atom. The lowest BCUT2D eigenvalue weighted by Gasteiger charge is -2.05. The van der Waals surface area contributed by atoms with E-state index in [2.05, 4.69) is 12.0 Å². The summed E-state index contributed by atoms with van der Waals surface area (Å²) in [6.45, 7) is 0.877.